The van der Waals surface area contributed by atoms with Crippen molar-refractivity contribution in [1.82, 2.24) is 10.3 Å². The van der Waals surface area contributed by atoms with Crippen LogP contribution in [0.25, 0.3) is 10.9 Å². The van der Waals surface area contributed by atoms with Crippen LogP contribution in [-0.4, -0.2) is 16.9 Å². The average molecular weight is 266 g/mol. The first kappa shape index (κ1) is 11.9. The lowest BCUT2D eigenvalue weighted by Crippen LogP contribution is -2.58. The molecule has 2 fully saturated rings. The lowest BCUT2D eigenvalue weighted by Gasteiger charge is -2.56. The predicted molar refractivity (Wildman–Crippen MR) is 78.5 cm³/mol. The van der Waals surface area contributed by atoms with Gasteiger partial charge in [-0.05, 0) is 49.3 Å². The van der Waals surface area contributed by atoms with E-state index in [1.807, 2.05) is 30.3 Å². The van der Waals surface area contributed by atoms with Crippen molar-refractivity contribution in [2.75, 3.05) is 0 Å². The molecule has 0 aliphatic heterocycles. The van der Waals surface area contributed by atoms with Gasteiger partial charge in [0.25, 0.3) is 5.91 Å². The van der Waals surface area contributed by atoms with E-state index in [2.05, 4.69) is 10.3 Å². The minimum atomic E-state index is 0.0496. The van der Waals surface area contributed by atoms with Crippen LogP contribution < -0.4 is 5.32 Å². The third-order valence-electron chi connectivity index (χ3n) is 5.19. The monoisotopic (exact) mass is 266 g/mol. The summed E-state index contributed by atoms with van der Waals surface area (Å²) in [4.78, 5) is 16.7. The Balaban J connectivity index is 1.54. The van der Waals surface area contributed by atoms with E-state index >= 15 is 0 Å². The highest BCUT2D eigenvalue weighted by Crippen LogP contribution is 2.55. The van der Waals surface area contributed by atoms with Gasteiger partial charge in [0, 0.05) is 23.2 Å². The number of aromatic nitrogens is 1. The Morgan fingerprint density at radius 3 is 2.85 bits per heavy atom. The van der Waals surface area contributed by atoms with Gasteiger partial charge in [-0.15, -0.1) is 0 Å². The van der Waals surface area contributed by atoms with Crippen molar-refractivity contribution in [3.63, 3.8) is 0 Å². The summed E-state index contributed by atoms with van der Waals surface area (Å²) in [7, 11) is 0. The molecular weight excluding hydrogens is 248 g/mol. The fourth-order valence-corrected chi connectivity index (χ4v) is 3.60. The zero-order chi connectivity index (χ0) is 13.6. The van der Waals surface area contributed by atoms with Gasteiger partial charge >= 0.3 is 0 Å². The largest absolute Gasteiger partial charge is 0.349 e. The molecule has 3 nitrogen and oxygen atoms in total. The molecule has 0 saturated heterocycles. The summed E-state index contributed by atoms with van der Waals surface area (Å²) in [6.45, 7) is 0. The number of benzene rings is 1. The molecule has 1 N–H and O–H groups in total. The van der Waals surface area contributed by atoms with Crippen LogP contribution in [0.2, 0.25) is 0 Å². The number of amides is 1. The van der Waals surface area contributed by atoms with Crippen molar-refractivity contribution in [2.45, 2.75) is 38.1 Å². The molecule has 1 heterocycles. The second-order valence-corrected chi connectivity index (χ2v) is 6.19. The van der Waals surface area contributed by atoms with Gasteiger partial charge in [0.05, 0.1) is 5.52 Å². The molecule has 1 spiro atoms. The number of fused-ring (bicyclic) bond motifs is 1. The zero-order valence-electron chi connectivity index (χ0n) is 11.4. The maximum absolute atomic E-state index is 12.4. The van der Waals surface area contributed by atoms with Gasteiger partial charge < -0.3 is 5.32 Å². The van der Waals surface area contributed by atoms with Crippen molar-refractivity contribution in [2.24, 2.45) is 5.41 Å². The predicted octanol–water partition coefficient (Wildman–Crippen LogP) is 3.30. The van der Waals surface area contributed by atoms with Crippen molar-refractivity contribution in [3.05, 3.63) is 42.1 Å². The topological polar surface area (TPSA) is 42.0 Å². The smallest absolute Gasteiger partial charge is 0.251 e. The normalized spacial score (nSPS) is 23.1. The first-order chi connectivity index (χ1) is 9.77. The number of hydrogen-bond acceptors (Lipinski definition) is 2. The quantitative estimate of drug-likeness (QED) is 0.906. The standard InChI is InChI=1S/C17H18N2O/c20-16(19-15-6-9-17(15)7-2-8-17)13-5-4-12-3-1-10-18-14(12)11-13/h1,3-5,10-11,15H,2,6-9H2,(H,19,20). The Bertz CT molecular complexity index is 670. The summed E-state index contributed by atoms with van der Waals surface area (Å²) < 4.78 is 0. The molecule has 1 aromatic carbocycles. The molecule has 2 aromatic rings. The molecule has 0 bridgehead atoms. The third-order valence-corrected chi connectivity index (χ3v) is 5.19. The van der Waals surface area contributed by atoms with Crippen LogP contribution in [0.5, 0.6) is 0 Å². The molecule has 1 atom stereocenters. The van der Waals surface area contributed by atoms with E-state index in [0.29, 0.717) is 11.5 Å². The molecule has 1 amide bonds. The average Bonchev–Trinajstić information content (AvgIpc) is 2.41. The van der Waals surface area contributed by atoms with Crippen LogP contribution in [-0.2, 0) is 0 Å². The number of carbonyl (C=O) groups is 1. The van der Waals surface area contributed by atoms with Gasteiger partial charge in [0.15, 0.2) is 0 Å². The number of carbonyl (C=O) groups excluding carboxylic acids is 1. The van der Waals surface area contributed by atoms with Crippen LogP contribution in [0, 0.1) is 5.41 Å². The molecule has 3 heteroatoms. The molecule has 2 aliphatic carbocycles. The summed E-state index contributed by atoms with van der Waals surface area (Å²) in [6, 6.07) is 10.1. The van der Waals surface area contributed by atoms with Gasteiger partial charge in [-0.2, -0.15) is 0 Å². The van der Waals surface area contributed by atoms with Crippen molar-refractivity contribution >= 4 is 16.8 Å². The van der Waals surface area contributed by atoms with E-state index in [1.54, 1.807) is 6.20 Å². The highest BCUT2D eigenvalue weighted by Gasteiger charge is 2.51. The third kappa shape index (κ3) is 1.73. The Morgan fingerprint density at radius 2 is 2.15 bits per heavy atom. The molecule has 2 saturated carbocycles. The summed E-state index contributed by atoms with van der Waals surface area (Å²) in [5.41, 5.74) is 2.05. The van der Waals surface area contributed by atoms with E-state index < -0.39 is 0 Å². The van der Waals surface area contributed by atoms with E-state index in [-0.39, 0.29) is 5.91 Å². The van der Waals surface area contributed by atoms with Crippen LogP contribution in [0.15, 0.2) is 36.5 Å². The van der Waals surface area contributed by atoms with Gasteiger partial charge in [-0.1, -0.05) is 18.6 Å². The lowest BCUT2D eigenvalue weighted by molar-refractivity contribution is -0.0147. The molecule has 4 rings (SSSR count). The van der Waals surface area contributed by atoms with Gasteiger partial charge in [-0.3, -0.25) is 9.78 Å². The number of nitrogens with one attached hydrogen (secondary N) is 1. The molecular formula is C17H18N2O. The summed E-state index contributed by atoms with van der Waals surface area (Å²) in [6.07, 6.45) is 8.09. The molecule has 1 aromatic heterocycles. The first-order valence-electron chi connectivity index (χ1n) is 7.43. The lowest BCUT2D eigenvalue weighted by atomic mass is 9.53. The fraction of sp³-hybridized carbons (Fsp3) is 0.412. The zero-order valence-corrected chi connectivity index (χ0v) is 11.4. The highest BCUT2D eigenvalue weighted by atomic mass is 16.1. The minimum Gasteiger partial charge on any atom is -0.349 e. The molecule has 2 aliphatic rings. The number of pyridine rings is 1. The Hall–Kier alpha value is -1.90. The number of rotatable bonds is 2. The second-order valence-electron chi connectivity index (χ2n) is 6.19. The fourth-order valence-electron chi connectivity index (χ4n) is 3.60. The first-order valence-corrected chi connectivity index (χ1v) is 7.43. The van der Waals surface area contributed by atoms with E-state index in [9.17, 15) is 4.79 Å². The Kier molecular flexibility index (Phi) is 2.56. The van der Waals surface area contributed by atoms with Gasteiger partial charge in [0.1, 0.15) is 0 Å². The highest BCUT2D eigenvalue weighted by molar-refractivity contribution is 5.98. The Morgan fingerprint density at radius 1 is 1.25 bits per heavy atom. The van der Waals surface area contributed by atoms with Crippen LogP contribution in [0.1, 0.15) is 42.5 Å². The van der Waals surface area contributed by atoms with E-state index in [1.165, 1.54) is 25.7 Å². The van der Waals surface area contributed by atoms with Crippen LogP contribution in [0.3, 0.4) is 0 Å². The molecule has 20 heavy (non-hydrogen) atoms. The van der Waals surface area contributed by atoms with E-state index in [0.717, 1.165) is 22.9 Å². The summed E-state index contributed by atoms with van der Waals surface area (Å²) in [5.74, 6) is 0.0496. The van der Waals surface area contributed by atoms with Crippen LogP contribution in [0.4, 0.5) is 0 Å². The maximum atomic E-state index is 12.4. The van der Waals surface area contributed by atoms with Crippen LogP contribution >= 0.6 is 0 Å². The van der Waals surface area contributed by atoms with Gasteiger partial charge in [-0.25, -0.2) is 0 Å². The SMILES string of the molecule is O=C(NC1CCC12CCC2)c1ccc2cccnc2c1. The van der Waals surface area contributed by atoms with Crippen molar-refractivity contribution in [1.29, 1.82) is 0 Å². The molecule has 0 radical (unpaired) electrons. The van der Waals surface area contributed by atoms with Gasteiger partial charge in [0.2, 0.25) is 0 Å². The van der Waals surface area contributed by atoms with Crippen molar-refractivity contribution < 1.29 is 4.79 Å². The number of nitrogens with zero attached hydrogens (tertiary/aromatic N) is 1. The van der Waals surface area contributed by atoms with Crippen molar-refractivity contribution in [3.8, 4) is 0 Å². The maximum Gasteiger partial charge on any atom is 0.251 e. The summed E-state index contributed by atoms with van der Waals surface area (Å²) in [5, 5.41) is 4.30. The Labute approximate surface area is 118 Å². The molecule has 102 valence electrons. The second kappa shape index (κ2) is 4.30. The van der Waals surface area contributed by atoms with E-state index in [4.69, 9.17) is 0 Å². The minimum absolute atomic E-state index is 0.0496. The summed E-state index contributed by atoms with van der Waals surface area (Å²) >= 11 is 0. The number of hydrogen-bond donors (Lipinski definition) is 1. The molecule has 1 unspecified atom stereocenters.